The van der Waals surface area contributed by atoms with E-state index in [4.69, 9.17) is 14.2 Å². The van der Waals surface area contributed by atoms with Crippen LogP contribution in [-0.4, -0.2) is 63.6 Å². The Balaban J connectivity index is 1.68. The molecule has 3 rings (SSSR count). The summed E-state index contributed by atoms with van der Waals surface area (Å²) >= 11 is 0. The van der Waals surface area contributed by atoms with E-state index in [9.17, 15) is 23.1 Å². The molecule has 0 bridgehead atoms. The summed E-state index contributed by atoms with van der Waals surface area (Å²) in [6.45, 7) is 0.150. The van der Waals surface area contributed by atoms with Gasteiger partial charge in [-0.05, 0) is 31.0 Å². The second-order valence-corrected chi connectivity index (χ2v) is 8.95. The van der Waals surface area contributed by atoms with Gasteiger partial charge in [-0.1, -0.05) is 0 Å². The van der Waals surface area contributed by atoms with Crippen LogP contribution in [0.1, 0.15) is 23.2 Å². The topological polar surface area (TPSA) is 131 Å². The number of hydrogen-bond acceptors (Lipinski definition) is 8. The average molecular weight is 464 g/mol. The fourth-order valence-electron chi connectivity index (χ4n) is 3.20. The lowest BCUT2D eigenvalue weighted by Crippen LogP contribution is -2.28. The molecule has 1 fully saturated rings. The van der Waals surface area contributed by atoms with Crippen molar-refractivity contribution in [2.75, 3.05) is 39.2 Å². The Hall–Kier alpha value is -3.31. The maximum absolute atomic E-state index is 12.7. The van der Waals surface area contributed by atoms with Gasteiger partial charge in [-0.15, -0.1) is 0 Å². The molecule has 1 amide bonds. The number of nitrogens with zero attached hydrogens (tertiary/aromatic N) is 1. The van der Waals surface area contributed by atoms with Gasteiger partial charge in [0.1, 0.15) is 22.8 Å². The van der Waals surface area contributed by atoms with E-state index in [1.165, 1.54) is 24.6 Å². The average Bonchev–Trinajstić information content (AvgIpc) is 3.33. The maximum atomic E-state index is 12.7. The number of aromatic hydroxyl groups is 1. The number of rotatable bonds is 8. The zero-order valence-electron chi connectivity index (χ0n) is 17.7. The molecule has 172 valence electrons. The molecule has 2 aromatic rings. The first-order chi connectivity index (χ1) is 15.2. The molecule has 32 heavy (non-hydrogen) atoms. The van der Waals surface area contributed by atoms with Crippen molar-refractivity contribution < 1.29 is 37.3 Å². The summed E-state index contributed by atoms with van der Waals surface area (Å²) in [6, 6.07) is 8.13. The normalized spacial score (nSPS) is 14.1. The number of sulfonamides is 1. The van der Waals surface area contributed by atoms with Gasteiger partial charge < -0.3 is 24.6 Å². The standard InChI is InChI=1S/C21H24N2O8S/c1-29-15-9-14(10-16(11-15)30-2)22-20(25)13-31-21(26)18-12-17(5-6-19(18)24)32(27,28)23-7-3-4-8-23/h5-6,9-12,24H,3-4,7-8,13H2,1-2H3,(H,22,25). The highest BCUT2D eigenvalue weighted by Gasteiger charge is 2.28. The van der Waals surface area contributed by atoms with E-state index < -0.39 is 34.3 Å². The number of carbonyl (C=O) groups is 2. The maximum Gasteiger partial charge on any atom is 0.342 e. The molecule has 1 aliphatic rings. The molecule has 1 saturated heterocycles. The molecule has 0 unspecified atom stereocenters. The number of hydrogen-bond donors (Lipinski definition) is 2. The van der Waals surface area contributed by atoms with Gasteiger partial charge in [0, 0.05) is 37.0 Å². The molecular formula is C21H24N2O8S. The highest BCUT2D eigenvalue weighted by atomic mass is 32.2. The first-order valence-electron chi connectivity index (χ1n) is 9.78. The van der Waals surface area contributed by atoms with Gasteiger partial charge in [0.25, 0.3) is 5.91 Å². The van der Waals surface area contributed by atoms with E-state index in [0.29, 0.717) is 30.3 Å². The zero-order chi connectivity index (χ0) is 23.3. The van der Waals surface area contributed by atoms with Gasteiger partial charge in [0.05, 0.1) is 19.1 Å². The number of phenolic OH excluding ortho intramolecular Hbond substituents is 1. The number of anilines is 1. The van der Waals surface area contributed by atoms with Gasteiger partial charge in [0.15, 0.2) is 6.61 Å². The number of phenols is 1. The lowest BCUT2D eigenvalue weighted by Gasteiger charge is -2.16. The third-order valence-corrected chi connectivity index (χ3v) is 6.75. The van der Waals surface area contributed by atoms with E-state index in [-0.39, 0.29) is 10.5 Å². The first kappa shape index (κ1) is 23.4. The van der Waals surface area contributed by atoms with Crippen LogP contribution >= 0.6 is 0 Å². The van der Waals surface area contributed by atoms with Crippen LogP contribution in [0.25, 0.3) is 0 Å². The highest BCUT2D eigenvalue weighted by molar-refractivity contribution is 7.89. The van der Waals surface area contributed by atoms with Crippen LogP contribution in [0, 0.1) is 0 Å². The Kier molecular flexibility index (Phi) is 7.21. The van der Waals surface area contributed by atoms with Crippen LogP contribution in [-0.2, 0) is 19.6 Å². The Morgan fingerprint density at radius 3 is 2.25 bits per heavy atom. The van der Waals surface area contributed by atoms with Crippen molar-refractivity contribution in [3.05, 3.63) is 42.0 Å². The van der Waals surface area contributed by atoms with Crippen LogP contribution in [0.4, 0.5) is 5.69 Å². The van der Waals surface area contributed by atoms with Gasteiger partial charge in [-0.25, -0.2) is 13.2 Å². The quantitative estimate of drug-likeness (QED) is 0.567. The smallest absolute Gasteiger partial charge is 0.342 e. The molecule has 10 nitrogen and oxygen atoms in total. The molecule has 11 heteroatoms. The van der Waals surface area contributed by atoms with Gasteiger partial charge in [-0.2, -0.15) is 4.31 Å². The molecule has 1 heterocycles. The molecule has 0 saturated carbocycles. The van der Waals surface area contributed by atoms with Gasteiger partial charge in [0.2, 0.25) is 10.0 Å². The largest absolute Gasteiger partial charge is 0.507 e. The first-order valence-corrected chi connectivity index (χ1v) is 11.2. The number of esters is 1. The highest BCUT2D eigenvalue weighted by Crippen LogP contribution is 2.27. The molecule has 0 aliphatic carbocycles. The molecule has 0 atom stereocenters. The minimum Gasteiger partial charge on any atom is -0.507 e. The minimum absolute atomic E-state index is 0.128. The van der Waals surface area contributed by atoms with Crippen molar-refractivity contribution in [3.8, 4) is 17.2 Å². The lowest BCUT2D eigenvalue weighted by molar-refractivity contribution is -0.119. The molecule has 0 aromatic heterocycles. The van der Waals surface area contributed by atoms with E-state index in [2.05, 4.69) is 5.32 Å². The predicted molar refractivity (Wildman–Crippen MR) is 115 cm³/mol. The van der Waals surface area contributed by atoms with Crippen LogP contribution in [0.2, 0.25) is 0 Å². The lowest BCUT2D eigenvalue weighted by atomic mass is 10.2. The number of nitrogens with one attached hydrogen (secondary N) is 1. The van der Waals surface area contributed by atoms with Crippen LogP contribution in [0.15, 0.2) is 41.3 Å². The summed E-state index contributed by atoms with van der Waals surface area (Å²) < 4.78 is 41.9. The Bertz CT molecular complexity index is 1090. The van der Waals surface area contributed by atoms with Crippen molar-refractivity contribution in [3.63, 3.8) is 0 Å². The minimum atomic E-state index is -3.79. The second-order valence-electron chi connectivity index (χ2n) is 7.02. The summed E-state index contributed by atoms with van der Waals surface area (Å²) in [7, 11) is -0.855. The molecule has 0 spiro atoms. The van der Waals surface area contributed by atoms with E-state index >= 15 is 0 Å². The second kappa shape index (κ2) is 9.88. The monoisotopic (exact) mass is 464 g/mol. The van der Waals surface area contributed by atoms with Gasteiger partial charge >= 0.3 is 5.97 Å². The summed E-state index contributed by atoms with van der Waals surface area (Å²) in [5.74, 6) is -1.21. The SMILES string of the molecule is COc1cc(NC(=O)COC(=O)c2cc(S(=O)(=O)N3CCCC3)ccc2O)cc(OC)c1. The number of ether oxygens (including phenoxy) is 3. The Labute approximate surface area is 185 Å². The zero-order valence-corrected chi connectivity index (χ0v) is 18.5. The number of methoxy groups -OCH3 is 2. The molecular weight excluding hydrogens is 440 g/mol. The van der Waals surface area contributed by atoms with Crippen molar-refractivity contribution >= 4 is 27.6 Å². The molecule has 1 aliphatic heterocycles. The van der Waals surface area contributed by atoms with Crippen molar-refractivity contribution in [2.45, 2.75) is 17.7 Å². The molecule has 2 N–H and O–H groups in total. The van der Waals surface area contributed by atoms with Crippen LogP contribution in [0.5, 0.6) is 17.2 Å². The van der Waals surface area contributed by atoms with Crippen molar-refractivity contribution in [1.29, 1.82) is 0 Å². The van der Waals surface area contributed by atoms with E-state index in [0.717, 1.165) is 25.0 Å². The fourth-order valence-corrected chi connectivity index (χ4v) is 4.75. The summed E-state index contributed by atoms with van der Waals surface area (Å²) in [6.07, 6.45) is 1.53. The summed E-state index contributed by atoms with van der Waals surface area (Å²) in [5.41, 5.74) is 0.0184. The summed E-state index contributed by atoms with van der Waals surface area (Å²) in [4.78, 5) is 24.5. The van der Waals surface area contributed by atoms with Gasteiger partial charge in [-0.3, -0.25) is 4.79 Å². The fraction of sp³-hybridized carbons (Fsp3) is 0.333. The van der Waals surface area contributed by atoms with E-state index in [1.807, 2.05) is 0 Å². The Morgan fingerprint density at radius 2 is 1.66 bits per heavy atom. The number of amides is 1. The third-order valence-electron chi connectivity index (χ3n) is 4.86. The summed E-state index contributed by atoms with van der Waals surface area (Å²) in [5, 5.41) is 12.6. The predicted octanol–water partition coefficient (Wildman–Crippen LogP) is 1.99. The number of carbonyl (C=O) groups excluding carboxylic acids is 2. The number of benzene rings is 2. The Morgan fingerprint density at radius 1 is 1.03 bits per heavy atom. The molecule has 0 radical (unpaired) electrons. The van der Waals surface area contributed by atoms with E-state index in [1.54, 1.807) is 18.2 Å². The van der Waals surface area contributed by atoms with Crippen LogP contribution < -0.4 is 14.8 Å². The van der Waals surface area contributed by atoms with Crippen LogP contribution in [0.3, 0.4) is 0 Å². The van der Waals surface area contributed by atoms with Crippen molar-refractivity contribution in [1.82, 2.24) is 4.31 Å². The van der Waals surface area contributed by atoms with Crippen molar-refractivity contribution in [2.24, 2.45) is 0 Å². The third kappa shape index (κ3) is 5.29. The molecule has 2 aromatic carbocycles.